The van der Waals surface area contributed by atoms with E-state index in [0.29, 0.717) is 11.4 Å². The van der Waals surface area contributed by atoms with Crippen LogP contribution in [0.5, 0.6) is 0 Å². The van der Waals surface area contributed by atoms with Crippen LogP contribution < -0.4 is 5.32 Å². The molecular weight excluding hydrogens is 350 g/mol. The van der Waals surface area contributed by atoms with Crippen LogP contribution in [0.4, 0.5) is 5.82 Å². The summed E-state index contributed by atoms with van der Waals surface area (Å²) in [4.78, 5) is 20.9. The largest absolute Gasteiger partial charge is 0.443 e. The molecule has 0 spiro atoms. The Morgan fingerprint density at radius 3 is 2.46 bits per heavy atom. The Kier molecular flexibility index (Phi) is 5.84. The molecule has 142 valence electrons. The molecule has 28 heavy (non-hydrogen) atoms. The van der Waals surface area contributed by atoms with Crippen LogP contribution in [-0.4, -0.2) is 15.9 Å². The predicted octanol–water partition coefficient (Wildman–Crippen LogP) is 5.79. The Hall–Kier alpha value is -3.47. The van der Waals surface area contributed by atoms with Crippen LogP contribution in [-0.2, 0) is 0 Å². The molecule has 0 aliphatic carbocycles. The molecule has 0 saturated carbocycles. The van der Waals surface area contributed by atoms with Gasteiger partial charge in [-0.25, -0.2) is 9.97 Å². The molecule has 4 rings (SSSR count). The molecule has 5 nitrogen and oxygen atoms in total. The number of nitrogens with one attached hydrogen (secondary N) is 1. The molecule has 5 heteroatoms. The van der Waals surface area contributed by atoms with Crippen LogP contribution in [0.2, 0.25) is 0 Å². The fourth-order valence-electron chi connectivity index (χ4n) is 2.96. The number of benzene rings is 2. The first kappa shape index (κ1) is 19.3. The third-order valence-corrected chi connectivity index (χ3v) is 4.38. The third-order valence-electron chi connectivity index (χ3n) is 4.38. The van der Waals surface area contributed by atoms with Crippen molar-refractivity contribution in [3.05, 3.63) is 77.8 Å². The monoisotopic (exact) mass is 373 g/mol. The lowest BCUT2D eigenvalue weighted by Crippen LogP contribution is -2.14. The van der Waals surface area contributed by atoms with Crippen molar-refractivity contribution in [1.82, 2.24) is 9.97 Å². The van der Waals surface area contributed by atoms with E-state index in [9.17, 15) is 4.79 Å². The van der Waals surface area contributed by atoms with Crippen molar-refractivity contribution in [2.24, 2.45) is 0 Å². The highest BCUT2D eigenvalue weighted by molar-refractivity contribution is 6.04. The zero-order valence-corrected chi connectivity index (χ0v) is 16.5. The number of hydrogen-bond acceptors (Lipinski definition) is 4. The molecule has 1 amide bonds. The third kappa shape index (κ3) is 3.93. The number of fused-ring (bicyclic) bond motifs is 1. The van der Waals surface area contributed by atoms with Gasteiger partial charge in [0.05, 0.1) is 0 Å². The van der Waals surface area contributed by atoms with Crippen molar-refractivity contribution in [2.75, 3.05) is 5.32 Å². The standard InChI is InChI=1S/C21H17N3O2.C2H6/c1-13-5-3-4-6-16(13)21(25)24-20-8-7-15(11-22-20)17-10-19-18(9-14(17)2)23-12-26-19;1-2/h3-12H,1-2H3,(H,22,24,25);1-2H3. The number of hydrogen-bond donors (Lipinski definition) is 1. The maximum Gasteiger partial charge on any atom is 0.257 e. The topological polar surface area (TPSA) is 68.0 Å². The minimum absolute atomic E-state index is 0.164. The van der Waals surface area contributed by atoms with Gasteiger partial charge in [-0.05, 0) is 60.9 Å². The molecule has 0 bridgehead atoms. The summed E-state index contributed by atoms with van der Waals surface area (Å²) >= 11 is 0. The van der Waals surface area contributed by atoms with Crippen LogP contribution >= 0.6 is 0 Å². The number of oxazole rings is 1. The number of rotatable bonds is 3. The Morgan fingerprint density at radius 2 is 1.75 bits per heavy atom. The summed E-state index contributed by atoms with van der Waals surface area (Å²) in [7, 11) is 0. The lowest BCUT2D eigenvalue weighted by atomic mass is 10.0. The molecular formula is C23H23N3O2. The van der Waals surface area contributed by atoms with Crippen molar-refractivity contribution < 1.29 is 9.21 Å². The van der Waals surface area contributed by atoms with Gasteiger partial charge in [-0.3, -0.25) is 4.79 Å². The number of carbonyl (C=O) groups excluding carboxylic acids is 1. The summed E-state index contributed by atoms with van der Waals surface area (Å²) in [6.07, 6.45) is 3.19. The van der Waals surface area contributed by atoms with Crippen molar-refractivity contribution in [1.29, 1.82) is 0 Å². The van der Waals surface area contributed by atoms with E-state index in [2.05, 4.69) is 15.3 Å². The quantitative estimate of drug-likeness (QED) is 0.494. The summed E-state index contributed by atoms with van der Waals surface area (Å²) in [5.41, 5.74) is 6.21. The summed E-state index contributed by atoms with van der Waals surface area (Å²) in [5, 5.41) is 2.84. The number of amides is 1. The molecule has 0 aliphatic heterocycles. The summed E-state index contributed by atoms with van der Waals surface area (Å²) < 4.78 is 5.38. The number of pyridine rings is 1. The van der Waals surface area contributed by atoms with E-state index in [1.165, 1.54) is 6.39 Å². The number of aryl methyl sites for hydroxylation is 2. The molecule has 0 aliphatic rings. The molecule has 0 unspecified atom stereocenters. The molecule has 2 heterocycles. The highest BCUT2D eigenvalue weighted by atomic mass is 16.3. The molecule has 1 N–H and O–H groups in total. The van der Waals surface area contributed by atoms with Gasteiger partial charge in [0, 0.05) is 17.3 Å². The zero-order valence-electron chi connectivity index (χ0n) is 16.5. The number of anilines is 1. The normalized spacial score (nSPS) is 10.3. The average molecular weight is 373 g/mol. The van der Waals surface area contributed by atoms with Crippen LogP contribution in [0.25, 0.3) is 22.2 Å². The second kappa shape index (κ2) is 8.48. The van der Waals surface area contributed by atoms with Crippen molar-refractivity contribution in [2.45, 2.75) is 27.7 Å². The maximum atomic E-state index is 12.4. The predicted molar refractivity (Wildman–Crippen MR) is 112 cm³/mol. The second-order valence-corrected chi connectivity index (χ2v) is 6.19. The van der Waals surface area contributed by atoms with Crippen LogP contribution in [0, 0.1) is 13.8 Å². The van der Waals surface area contributed by atoms with Crippen molar-refractivity contribution in [3.8, 4) is 11.1 Å². The molecule has 0 atom stereocenters. The highest BCUT2D eigenvalue weighted by Crippen LogP contribution is 2.28. The fourth-order valence-corrected chi connectivity index (χ4v) is 2.96. The van der Waals surface area contributed by atoms with E-state index in [0.717, 1.165) is 33.4 Å². The van der Waals surface area contributed by atoms with Crippen molar-refractivity contribution >= 4 is 22.8 Å². The van der Waals surface area contributed by atoms with E-state index >= 15 is 0 Å². The van der Waals surface area contributed by atoms with E-state index < -0.39 is 0 Å². The van der Waals surface area contributed by atoms with E-state index in [1.807, 2.05) is 64.1 Å². The molecule has 0 fully saturated rings. The number of aromatic nitrogens is 2. The summed E-state index contributed by atoms with van der Waals surface area (Å²) in [6, 6.07) is 15.2. The smallest absolute Gasteiger partial charge is 0.257 e. The van der Waals surface area contributed by atoms with Gasteiger partial charge in [-0.2, -0.15) is 0 Å². The maximum absolute atomic E-state index is 12.4. The average Bonchev–Trinajstić information content (AvgIpc) is 3.17. The number of nitrogens with zero attached hydrogens (tertiary/aromatic N) is 2. The highest BCUT2D eigenvalue weighted by Gasteiger charge is 2.11. The van der Waals surface area contributed by atoms with E-state index in [-0.39, 0.29) is 5.91 Å². The second-order valence-electron chi connectivity index (χ2n) is 6.19. The van der Waals surface area contributed by atoms with E-state index in [4.69, 9.17) is 4.42 Å². The Morgan fingerprint density at radius 1 is 0.964 bits per heavy atom. The van der Waals surface area contributed by atoms with Gasteiger partial charge in [-0.15, -0.1) is 0 Å². The van der Waals surface area contributed by atoms with Gasteiger partial charge in [0.15, 0.2) is 12.0 Å². The molecule has 2 aromatic carbocycles. The lowest BCUT2D eigenvalue weighted by Gasteiger charge is -2.09. The number of carbonyl (C=O) groups is 1. The van der Waals surface area contributed by atoms with Crippen LogP contribution in [0.15, 0.2) is 65.5 Å². The van der Waals surface area contributed by atoms with Gasteiger partial charge in [0.2, 0.25) is 0 Å². The molecule has 0 saturated heterocycles. The van der Waals surface area contributed by atoms with Gasteiger partial charge in [0.25, 0.3) is 5.91 Å². The summed E-state index contributed by atoms with van der Waals surface area (Å²) in [6.45, 7) is 7.94. The van der Waals surface area contributed by atoms with Crippen LogP contribution in [0.3, 0.4) is 0 Å². The SMILES string of the molecule is CC.Cc1ccccc1C(=O)Nc1ccc(-c2cc3ocnc3cc2C)cn1. The minimum Gasteiger partial charge on any atom is -0.443 e. The van der Waals surface area contributed by atoms with E-state index in [1.54, 1.807) is 18.3 Å². The zero-order chi connectivity index (χ0) is 20.1. The van der Waals surface area contributed by atoms with Gasteiger partial charge in [0.1, 0.15) is 11.3 Å². The lowest BCUT2D eigenvalue weighted by molar-refractivity contribution is 0.102. The van der Waals surface area contributed by atoms with Gasteiger partial charge in [-0.1, -0.05) is 32.0 Å². The Bertz CT molecular complexity index is 1100. The van der Waals surface area contributed by atoms with Crippen molar-refractivity contribution in [3.63, 3.8) is 0 Å². The minimum atomic E-state index is -0.164. The molecule has 0 radical (unpaired) electrons. The molecule has 4 aromatic rings. The summed E-state index contributed by atoms with van der Waals surface area (Å²) in [5.74, 6) is 0.350. The Balaban J connectivity index is 0.00000109. The Labute approximate surface area is 164 Å². The first-order valence-corrected chi connectivity index (χ1v) is 9.29. The van der Waals surface area contributed by atoms with Crippen LogP contribution in [0.1, 0.15) is 35.3 Å². The first-order chi connectivity index (χ1) is 13.6. The van der Waals surface area contributed by atoms with Gasteiger partial charge >= 0.3 is 0 Å². The fraction of sp³-hybridized carbons (Fsp3) is 0.174. The molecule has 2 aromatic heterocycles. The first-order valence-electron chi connectivity index (χ1n) is 9.29. The van der Waals surface area contributed by atoms with Gasteiger partial charge < -0.3 is 9.73 Å².